The Balaban J connectivity index is 1.82. The second-order valence-electron chi connectivity index (χ2n) is 5.72. The van der Waals surface area contributed by atoms with Crippen molar-refractivity contribution in [1.29, 1.82) is 0 Å². The molecule has 0 bridgehead atoms. The Bertz CT molecular complexity index is 685. The van der Waals surface area contributed by atoms with Crippen LogP contribution < -0.4 is 5.32 Å². The number of ketones is 1. The molecule has 24 heavy (non-hydrogen) atoms. The van der Waals surface area contributed by atoms with Crippen LogP contribution in [0.2, 0.25) is 4.34 Å². The molecule has 0 saturated carbocycles. The van der Waals surface area contributed by atoms with E-state index in [1.165, 1.54) is 11.3 Å². The van der Waals surface area contributed by atoms with E-state index >= 15 is 0 Å². The highest BCUT2D eigenvalue weighted by Crippen LogP contribution is 2.23. The fourth-order valence-electron chi connectivity index (χ4n) is 2.39. The van der Waals surface area contributed by atoms with Crippen molar-refractivity contribution < 1.29 is 9.59 Å². The molecule has 4 nitrogen and oxygen atoms in total. The van der Waals surface area contributed by atoms with Crippen LogP contribution in [0.1, 0.15) is 34.1 Å². The molecule has 6 heteroatoms. The number of thiophene rings is 1. The fourth-order valence-corrected chi connectivity index (χ4v) is 3.40. The van der Waals surface area contributed by atoms with Crippen LogP contribution in [0.5, 0.6) is 0 Å². The van der Waals surface area contributed by atoms with Crippen molar-refractivity contribution in [2.24, 2.45) is 0 Å². The van der Waals surface area contributed by atoms with Gasteiger partial charge >= 0.3 is 0 Å². The van der Waals surface area contributed by atoms with Crippen LogP contribution in [-0.4, -0.2) is 37.2 Å². The topological polar surface area (TPSA) is 49.4 Å². The van der Waals surface area contributed by atoms with Gasteiger partial charge in [-0.2, -0.15) is 0 Å². The van der Waals surface area contributed by atoms with E-state index in [9.17, 15) is 9.59 Å². The molecule has 0 radical (unpaired) electrons. The van der Waals surface area contributed by atoms with Gasteiger partial charge in [-0.1, -0.05) is 41.9 Å². The third-order valence-electron chi connectivity index (χ3n) is 3.73. The average molecular weight is 365 g/mol. The van der Waals surface area contributed by atoms with Crippen molar-refractivity contribution in [3.8, 4) is 0 Å². The number of hydrogen-bond donors (Lipinski definition) is 1. The van der Waals surface area contributed by atoms with Crippen molar-refractivity contribution in [1.82, 2.24) is 10.2 Å². The highest BCUT2D eigenvalue weighted by molar-refractivity contribution is 7.18. The summed E-state index contributed by atoms with van der Waals surface area (Å²) < 4.78 is 0.583. The molecule has 1 atom stereocenters. The Labute approximate surface area is 151 Å². The first-order valence-corrected chi connectivity index (χ1v) is 8.93. The summed E-state index contributed by atoms with van der Waals surface area (Å²) in [5.41, 5.74) is 1.15. The van der Waals surface area contributed by atoms with Gasteiger partial charge < -0.3 is 10.2 Å². The summed E-state index contributed by atoms with van der Waals surface area (Å²) in [6.07, 6.45) is 0.379. The maximum Gasteiger partial charge on any atom is 0.220 e. The minimum atomic E-state index is -0.117. The van der Waals surface area contributed by atoms with Gasteiger partial charge in [-0.25, -0.2) is 0 Å². The van der Waals surface area contributed by atoms with Gasteiger partial charge in [0.1, 0.15) is 0 Å². The van der Waals surface area contributed by atoms with E-state index in [1.807, 2.05) is 44.4 Å². The first kappa shape index (κ1) is 18.6. The number of likely N-dealkylation sites (N-methyl/N-ethyl adjacent to an activating group) is 1. The number of amides is 1. The van der Waals surface area contributed by atoms with E-state index in [0.29, 0.717) is 15.8 Å². The van der Waals surface area contributed by atoms with Crippen LogP contribution in [0.4, 0.5) is 0 Å². The summed E-state index contributed by atoms with van der Waals surface area (Å²) in [6.45, 7) is 0.509. The third-order valence-corrected chi connectivity index (χ3v) is 5.00. The number of halogens is 1. The Hall–Kier alpha value is -1.69. The molecule has 0 unspecified atom stereocenters. The van der Waals surface area contributed by atoms with Crippen molar-refractivity contribution in [2.75, 3.05) is 20.6 Å². The lowest BCUT2D eigenvalue weighted by molar-refractivity contribution is -0.121. The number of hydrogen-bond acceptors (Lipinski definition) is 4. The molecular weight excluding hydrogens is 344 g/mol. The summed E-state index contributed by atoms with van der Waals surface area (Å²) in [5.74, 6) is -0.164. The zero-order chi connectivity index (χ0) is 17.5. The second kappa shape index (κ2) is 8.97. The highest BCUT2D eigenvalue weighted by atomic mass is 35.5. The lowest BCUT2D eigenvalue weighted by atomic mass is 10.1. The summed E-state index contributed by atoms with van der Waals surface area (Å²) in [7, 11) is 3.96. The van der Waals surface area contributed by atoms with E-state index < -0.39 is 0 Å². The van der Waals surface area contributed by atoms with Crippen molar-refractivity contribution >= 4 is 34.6 Å². The predicted octanol–water partition coefficient (Wildman–Crippen LogP) is 3.78. The third kappa shape index (κ3) is 5.44. The van der Waals surface area contributed by atoms with Crippen LogP contribution in [0.3, 0.4) is 0 Å². The molecule has 1 heterocycles. The Morgan fingerprint density at radius 3 is 2.42 bits per heavy atom. The molecule has 0 aliphatic carbocycles. The van der Waals surface area contributed by atoms with Gasteiger partial charge in [-0.15, -0.1) is 11.3 Å². The summed E-state index contributed by atoms with van der Waals surface area (Å²) in [4.78, 5) is 26.7. The molecule has 0 aliphatic heterocycles. The number of rotatable bonds is 8. The molecule has 0 saturated heterocycles. The monoisotopic (exact) mass is 364 g/mol. The molecule has 1 amide bonds. The molecule has 0 spiro atoms. The zero-order valence-electron chi connectivity index (χ0n) is 13.8. The van der Waals surface area contributed by atoms with Gasteiger partial charge in [0.15, 0.2) is 5.78 Å². The van der Waals surface area contributed by atoms with Crippen LogP contribution in [0.25, 0.3) is 0 Å². The molecule has 2 rings (SSSR count). The van der Waals surface area contributed by atoms with Crippen molar-refractivity contribution in [2.45, 2.75) is 18.9 Å². The number of Topliss-reactive ketones (excluding diaryl/α,β-unsaturated/α-hetero) is 1. The molecular formula is C18H21ClN2O2S. The largest absolute Gasteiger partial charge is 0.354 e. The predicted molar refractivity (Wildman–Crippen MR) is 98.8 cm³/mol. The molecule has 1 aromatic carbocycles. The van der Waals surface area contributed by atoms with Gasteiger partial charge in [0, 0.05) is 19.4 Å². The number of nitrogens with one attached hydrogen (secondary N) is 1. The Morgan fingerprint density at radius 1 is 1.12 bits per heavy atom. The van der Waals surface area contributed by atoms with E-state index in [1.54, 1.807) is 12.1 Å². The van der Waals surface area contributed by atoms with Gasteiger partial charge in [0.05, 0.1) is 15.3 Å². The first-order valence-electron chi connectivity index (χ1n) is 7.74. The van der Waals surface area contributed by atoms with Gasteiger partial charge in [0.2, 0.25) is 5.91 Å². The molecule has 1 aromatic heterocycles. The summed E-state index contributed by atoms with van der Waals surface area (Å²) in [6, 6.07) is 13.5. The van der Waals surface area contributed by atoms with Gasteiger partial charge in [0.25, 0.3) is 0 Å². The molecule has 0 aliphatic rings. The van der Waals surface area contributed by atoms with E-state index in [0.717, 1.165) is 5.56 Å². The number of carbonyl (C=O) groups excluding carboxylic acids is 2. The zero-order valence-corrected chi connectivity index (χ0v) is 15.4. The quantitative estimate of drug-likeness (QED) is 0.725. The van der Waals surface area contributed by atoms with Gasteiger partial charge in [-0.3, -0.25) is 9.59 Å². The number of carbonyl (C=O) groups is 2. The minimum absolute atomic E-state index is 0.0470. The lowest BCUT2D eigenvalue weighted by Crippen LogP contribution is -2.34. The van der Waals surface area contributed by atoms with E-state index in [-0.39, 0.29) is 30.6 Å². The maximum atomic E-state index is 12.0. The smallest absolute Gasteiger partial charge is 0.220 e. The van der Waals surface area contributed by atoms with Crippen LogP contribution in [-0.2, 0) is 4.79 Å². The van der Waals surface area contributed by atoms with Gasteiger partial charge in [-0.05, 0) is 31.8 Å². The highest BCUT2D eigenvalue weighted by Gasteiger charge is 2.16. The average Bonchev–Trinajstić information content (AvgIpc) is 3.00. The number of nitrogens with zero attached hydrogens (tertiary/aromatic N) is 1. The molecule has 128 valence electrons. The molecule has 2 aromatic rings. The van der Waals surface area contributed by atoms with Crippen LogP contribution in [0.15, 0.2) is 42.5 Å². The van der Waals surface area contributed by atoms with Crippen LogP contribution in [0, 0.1) is 0 Å². The summed E-state index contributed by atoms with van der Waals surface area (Å²) in [5, 5.41) is 2.92. The SMILES string of the molecule is CN(C)[C@@H](CNC(=O)CCC(=O)c1ccc(Cl)s1)c1ccccc1. The minimum Gasteiger partial charge on any atom is -0.354 e. The maximum absolute atomic E-state index is 12.0. The van der Waals surface area contributed by atoms with Crippen molar-refractivity contribution in [3.05, 3.63) is 57.2 Å². The first-order chi connectivity index (χ1) is 11.5. The second-order valence-corrected chi connectivity index (χ2v) is 7.44. The summed E-state index contributed by atoms with van der Waals surface area (Å²) >= 11 is 7.07. The molecule has 0 fully saturated rings. The Kier molecular flexibility index (Phi) is 6.97. The molecule has 1 N–H and O–H groups in total. The lowest BCUT2D eigenvalue weighted by Gasteiger charge is -2.25. The number of benzene rings is 1. The fraction of sp³-hybridized carbons (Fsp3) is 0.333. The van der Waals surface area contributed by atoms with Crippen LogP contribution >= 0.6 is 22.9 Å². The van der Waals surface area contributed by atoms with Crippen molar-refractivity contribution in [3.63, 3.8) is 0 Å². The van der Waals surface area contributed by atoms with E-state index in [4.69, 9.17) is 11.6 Å². The standard InChI is InChI=1S/C18H21ClN2O2S/c1-21(2)14(13-6-4-3-5-7-13)12-20-18(23)11-8-15(22)16-9-10-17(19)24-16/h3-7,9-10,14H,8,11-12H2,1-2H3,(H,20,23)/t14-/m0/s1. The normalized spacial score (nSPS) is 12.2. The van der Waals surface area contributed by atoms with E-state index in [2.05, 4.69) is 10.2 Å². The Morgan fingerprint density at radius 2 is 1.83 bits per heavy atom.